The topological polar surface area (TPSA) is 104 Å². The summed E-state index contributed by atoms with van der Waals surface area (Å²) in [6, 6.07) is 10.9. The Kier molecular flexibility index (Phi) is 7.49. The molecule has 12 heteroatoms. The largest absolute Gasteiger partial charge is 0.466 e. The van der Waals surface area contributed by atoms with Gasteiger partial charge >= 0.3 is 17.8 Å². The van der Waals surface area contributed by atoms with Crippen LogP contribution < -0.4 is 10.6 Å². The molecule has 42 heavy (non-hydrogen) atoms. The number of nitriles is 1. The summed E-state index contributed by atoms with van der Waals surface area (Å²) in [6.45, 7) is 3.03. The average Bonchev–Trinajstić information content (AvgIpc) is 3.29. The molecule has 1 aromatic heterocycles. The van der Waals surface area contributed by atoms with Crippen LogP contribution in [-0.4, -0.2) is 53.0 Å². The van der Waals surface area contributed by atoms with Crippen LogP contribution in [0.5, 0.6) is 0 Å². The van der Waals surface area contributed by atoms with Crippen LogP contribution in [0.15, 0.2) is 58.5 Å². The molecular weight excluding hydrogens is 549 g/mol. The Bertz CT molecular complexity index is 1660. The molecule has 0 saturated heterocycles. The van der Waals surface area contributed by atoms with E-state index in [1.807, 2.05) is 0 Å². The first-order chi connectivity index (χ1) is 19.8. The van der Waals surface area contributed by atoms with Crippen molar-refractivity contribution in [1.82, 2.24) is 14.8 Å². The van der Waals surface area contributed by atoms with Gasteiger partial charge in [0.2, 0.25) is 5.95 Å². The van der Waals surface area contributed by atoms with Gasteiger partial charge in [-0.2, -0.15) is 18.4 Å². The Morgan fingerprint density at radius 3 is 2.57 bits per heavy atom. The molecule has 2 heterocycles. The number of nitrogens with one attached hydrogen (secondary N) is 1. The van der Waals surface area contributed by atoms with E-state index in [0.717, 1.165) is 24.2 Å². The highest BCUT2D eigenvalue weighted by molar-refractivity contribution is 5.93. The van der Waals surface area contributed by atoms with Gasteiger partial charge in [0.1, 0.15) is 12.6 Å². The van der Waals surface area contributed by atoms with Gasteiger partial charge in [-0.1, -0.05) is 18.6 Å². The number of esters is 1. The lowest BCUT2D eigenvalue weighted by Gasteiger charge is -2.39. The van der Waals surface area contributed by atoms with Gasteiger partial charge in [0.25, 0.3) is 0 Å². The van der Waals surface area contributed by atoms with E-state index >= 15 is 0 Å². The van der Waals surface area contributed by atoms with Gasteiger partial charge < -0.3 is 9.22 Å². The van der Waals surface area contributed by atoms with Crippen molar-refractivity contribution in [1.29, 1.82) is 5.26 Å². The molecule has 220 valence electrons. The van der Waals surface area contributed by atoms with Crippen LogP contribution in [0.2, 0.25) is 0 Å². The molecule has 2 aliphatic rings. The molecule has 1 fully saturated rings. The number of ether oxygens (including phenoxy) is 1. The minimum atomic E-state index is -4.61. The molecule has 0 unspecified atom stereocenters. The van der Waals surface area contributed by atoms with Gasteiger partial charge in [-0.3, -0.25) is 4.90 Å². The molecule has 1 aliphatic heterocycles. The van der Waals surface area contributed by atoms with Gasteiger partial charge in [0.15, 0.2) is 0 Å². The summed E-state index contributed by atoms with van der Waals surface area (Å²) in [5.74, 6) is -0.117. The first-order valence-electron chi connectivity index (χ1n) is 13.6. The third kappa shape index (κ3) is 5.32. The number of aromatic nitrogens is 3. The number of carbonyl (C=O) groups is 1. The third-order valence-electron chi connectivity index (χ3n) is 8.12. The second-order valence-electron chi connectivity index (χ2n) is 11.6. The standard InChI is InChI=1S/C30H31F3N6O3/c1-18-25(27(40)42-4)26(24-12-11-20(15-34)13-21(24)17-39(2,3)16-19-7-5-8-19)38-28(35-36-29(38)41)37(18)23-10-6-9-22(14-23)30(31,32)33/h6,9-14,19,26H,5,7-8,16-17H2,1-4H3/p+1/t26-/m1/s1. The van der Waals surface area contributed by atoms with Crippen molar-refractivity contribution in [2.75, 3.05) is 32.6 Å². The van der Waals surface area contributed by atoms with Crippen LogP contribution in [0.3, 0.4) is 0 Å². The van der Waals surface area contributed by atoms with Gasteiger partial charge in [0.05, 0.1) is 50.5 Å². The predicted molar refractivity (Wildman–Crippen MR) is 148 cm³/mol. The Balaban J connectivity index is 1.71. The molecule has 1 saturated carbocycles. The lowest BCUT2D eigenvalue weighted by Crippen LogP contribution is -2.45. The minimum Gasteiger partial charge on any atom is -0.466 e. The number of rotatable bonds is 7. The number of methoxy groups -OCH3 is 1. The van der Waals surface area contributed by atoms with E-state index in [4.69, 9.17) is 4.74 Å². The maximum atomic E-state index is 13.6. The number of carbonyl (C=O) groups excluding carboxylic acids is 1. The Morgan fingerprint density at radius 1 is 1.21 bits per heavy atom. The highest BCUT2D eigenvalue weighted by Crippen LogP contribution is 2.44. The average molecular weight is 582 g/mol. The Labute approximate surface area is 241 Å². The molecule has 0 radical (unpaired) electrons. The molecule has 1 aliphatic carbocycles. The van der Waals surface area contributed by atoms with E-state index in [0.29, 0.717) is 28.1 Å². The number of aromatic amines is 1. The van der Waals surface area contributed by atoms with Crippen LogP contribution >= 0.6 is 0 Å². The quantitative estimate of drug-likeness (QED) is 0.310. The molecule has 0 amide bonds. The van der Waals surface area contributed by atoms with Crippen LogP contribution in [-0.2, 0) is 22.3 Å². The molecule has 1 atom stereocenters. The lowest BCUT2D eigenvalue weighted by atomic mass is 9.84. The van der Waals surface area contributed by atoms with E-state index < -0.39 is 29.4 Å². The second-order valence-corrected chi connectivity index (χ2v) is 11.6. The first-order valence-corrected chi connectivity index (χ1v) is 13.6. The lowest BCUT2D eigenvalue weighted by molar-refractivity contribution is -0.907. The van der Waals surface area contributed by atoms with Crippen molar-refractivity contribution in [3.8, 4) is 6.07 Å². The number of hydrogen-bond acceptors (Lipinski definition) is 6. The monoisotopic (exact) mass is 581 g/mol. The van der Waals surface area contributed by atoms with E-state index in [-0.39, 0.29) is 22.9 Å². The van der Waals surface area contributed by atoms with Gasteiger partial charge in [-0.15, -0.1) is 5.10 Å². The minimum absolute atomic E-state index is 0.0213. The number of halogens is 3. The molecule has 0 spiro atoms. The van der Waals surface area contributed by atoms with Crippen LogP contribution in [0, 0.1) is 17.2 Å². The number of alkyl halides is 3. The number of fused-ring (bicyclic) bond motifs is 1. The fourth-order valence-corrected chi connectivity index (χ4v) is 6.06. The summed E-state index contributed by atoms with van der Waals surface area (Å²) in [5, 5.41) is 16.3. The highest BCUT2D eigenvalue weighted by atomic mass is 19.4. The van der Waals surface area contributed by atoms with Crippen molar-refractivity contribution in [2.45, 2.75) is 44.9 Å². The SMILES string of the molecule is COC(=O)C1=C(C)N(c2cccc(C(F)(F)F)c2)c2n[nH]c(=O)n2[C@@H]1c1ccc(C#N)cc1C[N+](C)(C)CC1CCC1. The van der Waals surface area contributed by atoms with E-state index in [1.165, 1.54) is 48.0 Å². The second kappa shape index (κ2) is 10.8. The molecule has 3 aromatic rings. The number of quaternary nitrogens is 1. The highest BCUT2D eigenvalue weighted by Gasteiger charge is 2.41. The Hall–Kier alpha value is -4.37. The van der Waals surface area contributed by atoms with E-state index in [2.05, 4.69) is 30.4 Å². The summed E-state index contributed by atoms with van der Waals surface area (Å²) in [6.07, 6.45) is -1.06. The third-order valence-corrected chi connectivity index (χ3v) is 8.12. The smallest absolute Gasteiger partial charge is 0.416 e. The van der Waals surface area contributed by atoms with Gasteiger partial charge in [-0.05, 0) is 55.7 Å². The van der Waals surface area contributed by atoms with E-state index in [1.54, 1.807) is 25.1 Å². The van der Waals surface area contributed by atoms with Crippen molar-refractivity contribution in [2.24, 2.45) is 5.92 Å². The van der Waals surface area contributed by atoms with Crippen molar-refractivity contribution >= 4 is 17.6 Å². The Morgan fingerprint density at radius 2 is 1.95 bits per heavy atom. The number of allylic oxidation sites excluding steroid dienone is 1. The predicted octanol–water partition coefficient (Wildman–Crippen LogP) is 5.03. The number of H-pyrrole nitrogens is 1. The maximum absolute atomic E-state index is 13.6. The fraction of sp³-hybridized carbons (Fsp3) is 0.400. The number of benzene rings is 2. The molecule has 0 bridgehead atoms. The van der Waals surface area contributed by atoms with Gasteiger partial charge in [0, 0.05) is 22.9 Å². The number of anilines is 2. The zero-order valence-electron chi connectivity index (χ0n) is 23.8. The number of hydrogen-bond donors (Lipinski definition) is 1. The van der Waals surface area contributed by atoms with Crippen molar-refractivity contribution in [3.63, 3.8) is 0 Å². The van der Waals surface area contributed by atoms with Crippen molar-refractivity contribution in [3.05, 3.63) is 86.5 Å². The first kappa shape index (κ1) is 29.1. The van der Waals surface area contributed by atoms with Crippen LogP contribution in [0.1, 0.15) is 54.5 Å². The van der Waals surface area contributed by atoms with Crippen LogP contribution in [0.4, 0.5) is 24.8 Å². The summed E-state index contributed by atoms with van der Waals surface area (Å²) in [7, 11) is 5.42. The maximum Gasteiger partial charge on any atom is 0.416 e. The number of nitrogens with zero attached hydrogens (tertiary/aromatic N) is 5. The zero-order chi connectivity index (χ0) is 30.4. The van der Waals surface area contributed by atoms with Crippen molar-refractivity contribution < 1.29 is 27.2 Å². The zero-order valence-corrected chi connectivity index (χ0v) is 23.8. The normalized spacial score (nSPS) is 17.5. The molecule has 9 nitrogen and oxygen atoms in total. The molecule has 2 aromatic carbocycles. The summed E-state index contributed by atoms with van der Waals surface area (Å²) < 4.78 is 47.9. The molecule has 5 rings (SSSR count). The van der Waals surface area contributed by atoms with Gasteiger partial charge in [-0.25, -0.2) is 19.3 Å². The summed E-state index contributed by atoms with van der Waals surface area (Å²) >= 11 is 0. The summed E-state index contributed by atoms with van der Waals surface area (Å²) in [4.78, 5) is 28.1. The summed E-state index contributed by atoms with van der Waals surface area (Å²) in [5.41, 5.74) is 0.655. The molecular formula is C30H32F3N6O3+. The fourth-order valence-electron chi connectivity index (χ4n) is 6.06. The van der Waals surface area contributed by atoms with Crippen LogP contribution in [0.25, 0.3) is 0 Å². The van der Waals surface area contributed by atoms with E-state index in [9.17, 15) is 28.0 Å². The molecule has 1 N–H and O–H groups in total.